The van der Waals surface area contributed by atoms with Crippen LogP contribution in [0.15, 0.2) is 16.6 Å². The zero-order valence-electron chi connectivity index (χ0n) is 8.83. The molecule has 0 aliphatic rings. The van der Waals surface area contributed by atoms with Crippen LogP contribution in [0.3, 0.4) is 0 Å². The predicted molar refractivity (Wildman–Crippen MR) is 59.2 cm³/mol. The number of benzene rings is 1. The molecule has 6 heteroatoms. The lowest BCUT2D eigenvalue weighted by Gasteiger charge is -2.16. The highest BCUT2D eigenvalue weighted by molar-refractivity contribution is 9.10. The standard InChI is InChI=1S/C10H12BrFO4/c1-15-8-4-7(11)9(16-2)3-6(8)5-10(12,13)14/h3-4,13-14H,5H2,1-2H3. The molecule has 0 saturated heterocycles. The van der Waals surface area contributed by atoms with Crippen LogP contribution >= 0.6 is 15.9 Å². The van der Waals surface area contributed by atoms with Gasteiger partial charge in [0.2, 0.25) is 0 Å². The highest BCUT2D eigenvalue weighted by Crippen LogP contribution is 2.34. The van der Waals surface area contributed by atoms with E-state index in [9.17, 15) is 4.39 Å². The van der Waals surface area contributed by atoms with Crippen LogP contribution in [-0.4, -0.2) is 30.5 Å². The van der Waals surface area contributed by atoms with Gasteiger partial charge in [-0.25, -0.2) is 0 Å². The molecule has 0 saturated carbocycles. The fourth-order valence-electron chi connectivity index (χ4n) is 1.30. The summed E-state index contributed by atoms with van der Waals surface area (Å²) >= 11 is 3.24. The first-order valence-corrected chi connectivity index (χ1v) is 5.20. The Balaban J connectivity index is 3.15. The van der Waals surface area contributed by atoms with Crippen LogP contribution in [-0.2, 0) is 6.42 Å². The monoisotopic (exact) mass is 294 g/mol. The van der Waals surface area contributed by atoms with Crippen LogP contribution in [0.1, 0.15) is 5.56 Å². The van der Waals surface area contributed by atoms with Crippen molar-refractivity contribution in [2.45, 2.75) is 12.5 Å². The maximum atomic E-state index is 12.7. The maximum absolute atomic E-state index is 12.7. The molecule has 0 radical (unpaired) electrons. The summed E-state index contributed by atoms with van der Waals surface area (Å²) in [6.07, 6.45) is -0.597. The maximum Gasteiger partial charge on any atom is 0.319 e. The molecule has 0 spiro atoms. The van der Waals surface area contributed by atoms with Crippen molar-refractivity contribution in [2.24, 2.45) is 0 Å². The zero-order chi connectivity index (χ0) is 12.3. The van der Waals surface area contributed by atoms with Crippen LogP contribution in [0.4, 0.5) is 4.39 Å². The molecule has 16 heavy (non-hydrogen) atoms. The lowest BCUT2D eigenvalue weighted by atomic mass is 10.1. The molecule has 0 aliphatic heterocycles. The molecule has 0 bridgehead atoms. The van der Waals surface area contributed by atoms with Crippen LogP contribution in [0.2, 0.25) is 0 Å². The van der Waals surface area contributed by atoms with Crippen molar-refractivity contribution in [3.63, 3.8) is 0 Å². The topological polar surface area (TPSA) is 58.9 Å². The second-order valence-corrected chi connectivity index (χ2v) is 4.05. The molecule has 0 unspecified atom stereocenters. The van der Waals surface area contributed by atoms with E-state index < -0.39 is 12.5 Å². The van der Waals surface area contributed by atoms with Gasteiger partial charge in [0.25, 0.3) is 0 Å². The molecule has 0 heterocycles. The smallest absolute Gasteiger partial charge is 0.319 e. The third kappa shape index (κ3) is 3.33. The Morgan fingerprint density at radius 3 is 2.25 bits per heavy atom. The third-order valence-corrected chi connectivity index (χ3v) is 2.59. The first-order chi connectivity index (χ1) is 7.37. The Kier molecular flexibility index (Phi) is 4.12. The number of methoxy groups -OCH3 is 2. The average Bonchev–Trinajstić information content (AvgIpc) is 2.18. The highest BCUT2D eigenvalue weighted by atomic mass is 79.9. The molecule has 1 aromatic rings. The second-order valence-electron chi connectivity index (χ2n) is 3.19. The van der Waals surface area contributed by atoms with Crippen LogP contribution in [0.25, 0.3) is 0 Å². The first kappa shape index (κ1) is 13.2. The number of halogens is 2. The third-order valence-electron chi connectivity index (χ3n) is 1.97. The van der Waals surface area contributed by atoms with E-state index in [-0.39, 0.29) is 0 Å². The Bertz CT molecular complexity index is 376. The molecule has 0 aromatic heterocycles. The number of ether oxygens (including phenoxy) is 2. The number of hydrogen-bond donors (Lipinski definition) is 2. The normalized spacial score (nSPS) is 11.4. The molecular weight excluding hydrogens is 283 g/mol. The second kappa shape index (κ2) is 4.99. The van der Waals surface area contributed by atoms with Gasteiger partial charge >= 0.3 is 6.04 Å². The van der Waals surface area contributed by atoms with E-state index in [1.165, 1.54) is 20.3 Å². The quantitative estimate of drug-likeness (QED) is 0.829. The molecule has 0 atom stereocenters. The lowest BCUT2D eigenvalue weighted by molar-refractivity contribution is -0.256. The van der Waals surface area contributed by atoms with E-state index in [0.717, 1.165) is 0 Å². The average molecular weight is 295 g/mol. The van der Waals surface area contributed by atoms with Crippen molar-refractivity contribution in [3.8, 4) is 11.5 Å². The number of hydrogen-bond acceptors (Lipinski definition) is 4. The summed E-state index contributed by atoms with van der Waals surface area (Å²) in [5.41, 5.74) is 0.301. The van der Waals surface area contributed by atoms with Crippen molar-refractivity contribution >= 4 is 15.9 Å². The van der Waals surface area contributed by atoms with Gasteiger partial charge in [-0.1, -0.05) is 0 Å². The van der Waals surface area contributed by atoms with Crippen LogP contribution < -0.4 is 9.47 Å². The Morgan fingerprint density at radius 2 is 1.81 bits per heavy atom. The first-order valence-electron chi connectivity index (χ1n) is 4.41. The van der Waals surface area contributed by atoms with Crippen molar-refractivity contribution in [1.82, 2.24) is 0 Å². The van der Waals surface area contributed by atoms with E-state index in [4.69, 9.17) is 19.7 Å². The Labute approximate surface area is 101 Å². The summed E-state index contributed by atoms with van der Waals surface area (Å²) in [5.74, 6) is 0.804. The van der Waals surface area contributed by atoms with Gasteiger partial charge in [-0.15, -0.1) is 0 Å². The number of aliphatic hydroxyl groups is 2. The minimum atomic E-state index is -3.27. The zero-order valence-corrected chi connectivity index (χ0v) is 10.4. The van der Waals surface area contributed by atoms with E-state index in [0.29, 0.717) is 21.5 Å². The fraction of sp³-hybridized carbons (Fsp3) is 0.400. The minimum Gasteiger partial charge on any atom is -0.496 e. The summed E-state index contributed by atoms with van der Waals surface area (Å²) < 4.78 is 23.4. The summed E-state index contributed by atoms with van der Waals surface area (Å²) in [7, 11) is 2.86. The molecular formula is C10H12BrFO4. The molecule has 0 aliphatic carbocycles. The van der Waals surface area contributed by atoms with E-state index >= 15 is 0 Å². The van der Waals surface area contributed by atoms with E-state index in [2.05, 4.69) is 15.9 Å². The molecule has 1 aromatic carbocycles. The molecule has 1 rings (SSSR count). The number of alkyl halides is 1. The summed E-state index contributed by atoms with van der Waals surface area (Å²) in [4.78, 5) is 0. The van der Waals surface area contributed by atoms with Crippen molar-refractivity contribution < 1.29 is 24.1 Å². The minimum absolute atomic E-state index is 0.301. The van der Waals surface area contributed by atoms with E-state index in [1.807, 2.05) is 0 Å². The lowest BCUT2D eigenvalue weighted by Crippen LogP contribution is -2.24. The van der Waals surface area contributed by atoms with Crippen molar-refractivity contribution in [3.05, 3.63) is 22.2 Å². The van der Waals surface area contributed by atoms with Gasteiger partial charge in [0.15, 0.2) is 0 Å². The van der Waals surface area contributed by atoms with Gasteiger partial charge in [0.05, 0.1) is 25.1 Å². The highest BCUT2D eigenvalue weighted by Gasteiger charge is 2.24. The van der Waals surface area contributed by atoms with Gasteiger partial charge in [0.1, 0.15) is 11.5 Å². The summed E-state index contributed by atoms with van der Waals surface area (Å²) in [5, 5.41) is 17.4. The van der Waals surface area contributed by atoms with Gasteiger partial charge in [-0.2, -0.15) is 4.39 Å². The van der Waals surface area contributed by atoms with E-state index in [1.54, 1.807) is 6.07 Å². The molecule has 2 N–H and O–H groups in total. The van der Waals surface area contributed by atoms with Crippen molar-refractivity contribution in [1.29, 1.82) is 0 Å². The molecule has 0 fully saturated rings. The summed E-state index contributed by atoms with van der Waals surface area (Å²) in [6.45, 7) is 0. The van der Waals surface area contributed by atoms with Crippen LogP contribution in [0, 0.1) is 0 Å². The summed E-state index contributed by atoms with van der Waals surface area (Å²) in [6, 6.07) is -0.226. The fourth-order valence-corrected chi connectivity index (χ4v) is 1.79. The van der Waals surface area contributed by atoms with Gasteiger partial charge in [0, 0.05) is 5.56 Å². The van der Waals surface area contributed by atoms with Gasteiger partial charge in [-0.3, -0.25) is 0 Å². The molecule has 4 nitrogen and oxygen atoms in total. The van der Waals surface area contributed by atoms with Crippen LogP contribution in [0.5, 0.6) is 11.5 Å². The molecule has 0 amide bonds. The SMILES string of the molecule is COc1cc(CC(O)(O)F)c(OC)cc1Br. The predicted octanol–water partition coefficient (Wildman–Crippen LogP) is 1.62. The Hall–Kier alpha value is -0.850. The van der Waals surface area contributed by atoms with Crippen molar-refractivity contribution in [2.75, 3.05) is 14.2 Å². The Morgan fingerprint density at radius 1 is 1.25 bits per heavy atom. The van der Waals surface area contributed by atoms with Gasteiger partial charge < -0.3 is 19.7 Å². The van der Waals surface area contributed by atoms with Gasteiger partial charge in [-0.05, 0) is 28.1 Å². The number of rotatable bonds is 4. The molecule has 90 valence electrons. The largest absolute Gasteiger partial charge is 0.496 e.